The van der Waals surface area contributed by atoms with E-state index in [2.05, 4.69) is 40.6 Å². The van der Waals surface area contributed by atoms with E-state index in [4.69, 9.17) is 42.6 Å². The molecule has 2 aliphatic rings. The minimum Gasteiger partial charge on any atom is -0.460 e. The van der Waals surface area contributed by atoms with Gasteiger partial charge in [-0.25, -0.2) is 4.39 Å². The average Bonchev–Trinajstić information content (AvgIpc) is 3.44. The van der Waals surface area contributed by atoms with E-state index >= 15 is 0 Å². The van der Waals surface area contributed by atoms with Gasteiger partial charge in [0, 0.05) is 51.3 Å². The fourth-order valence-corrected chi connectivity index (χ4v) is 5.89. The summed E-state index contributed by atoms with van der Waals surface area (Å²) in [5.74, 6) is 0.0476. The number of piperazine rings is 1. The number of aromatic amines is 1. The van der Waals surface area contributed by atoms with Gasteiger partial charge in [0.25, 0.3) is 0 Å². The Balaban J connectivity index is 1.45. The van der Waals surface area contributed by atoms with Crippen molar-refractivity contribution in [2.24, 2.45) is 5.92 Å². The van der Waals surface area contributed by atoms with Gasteiger partial charge in [0.1, 0.15) is 33.4 Å². The van der Waals surface area contributed by atoms with Gasteiger partial charge in [-0.15, -0.1) is 0 Å². The Bertz CT molecular complexity index is 1680. The van der Waals surface area contributed by atoms with Crippen LogP contribution in [0.5, 0.6) is 17.6 Å². The van der Waals surface area contributed by atoms with Crippen LogP contribution in [0.25, 0.3) is 21.8 Å². The fourth-order valence-electron chi connectivity index (χ4n) is 5.51. The van der Waals surface area contributed by atoms with E-state index in [-0.39, 0.29) is 45.7 Å². The van der Waals surface area contributed by atoms with Crippen molar-refractivity contribution in [3.8, 4) is 17.6 Å². The van der Waals surface area contributed by atoms with E-state index in [9.17, 15) is 9.18 Å². The second-order valence-electron chi connectivity index (χ2n) is 10.6. The molecule has 0 unspecified atom stereocenters. The van der Waals surface area contributed by atoms with Crippen molar-refractivity contribution in [2.45, 2.75) is 19.4 Å². The van der Waals surface area contributed by atoms with Gasteiger partial charge in [-0.1, -0.05) is 36.7 Å². The molecule has 1 N–H and O–H groups in total. The normalized spacial score (nSPS) is 19.8. The highest BCUT2D eigenvalue weighted by Gasteiger charge is 2.29. The zero-order valence-electron chi connectivity index (χ0n) is 23.1. The van der Waals surface area contributed by atoms with Gasteiger partial charge in [-0.2, -0.15) is 20.1 Å². The summed E-state index contributed by atoms with van der Waals surface area (Å²) in [7, 11) is 2.08. The molecular weight excluding hydrogens is 586 g/mol. The largest absolute Gasteiger partial charge is 0.460 e. The van der Waals surface area contributed by atoms with Crippen molar-refractivity contribution in [3.63, 3.8) is 0 Å². The lowest BCUT2D eigenvalue weighted by molar-refractivity contribution is -0.126. The molecule has 220 valence electrons. The van der Waals surface area contributed by atoms with E-state index in [1.807, 2.05) is 4.90 Å². The number of hydrogen-bond donors (Lipinski definition) is 1. The van der Waals surface area contributed by atoms with Crippen LogP contribution in [-0.2, 0) is 4.79 Å². The molecule has 2 fully saturated rings. The van der Waals surface area contributed by atoms with Crippen molar-refractivity contribution in [3.05, 3.63) is 47.0 Å². The molecule has 6 rings (SSSR count). The number of carbonyl (C=O) groups is 1. The summed E-state index contributed by atoms with van der Waals surface area (Å²) in [6, 6.07) is 3.06. The number of anilines is 1. The molecule has 3 aromatic heterocycles. The molecule has 4 aromatic rings. The lowest BCUT2D eigenvalue weighted by atomic mass is 9.97. The first-order chi connectivity index (χ1) is 20.2. The van der Waals surface area contributed by atoms with Gasteiger partial charge < -0.3 is 24.2 Å². The first-order valence-electron chi connectivity index (χ1n) is 13.6. The zero-order valence-corrected chi connectivity index (χ0v) is 24.6. The summed E-state index contributed by atoms with van der Waals surface area (Å²) in [5, 5.41) is 7.64. The number of aromatic nitrogens is 5. The summed E-state index contributed by atoms with van der Waals surface area (Å²) in [5.41, 5.74) is 0.724. The molecule has 11 nitrogen and oxygen atoms in total. The molecule has 2 atom stereocenters. The highest BCUT2D eigenvalue weighted by atomic mass is 35.5. The number of ether oxygens (including phenoxy) is 2. The summed E-state index contributed by atoms with van der Waals surface area (Å²) in [6.07, 6.45) is 3.52. The number of pyridine rings is 1. The Labute approximate surface area is 251 Å². The topological polar surface area (TPSA) is 113 Å². The molecule has 2 aliphatic heterocycles. The number of carbonyl (C=O) groups excluding carboxylic acids is 1. The Kier molecular flexibility index (Phi) is 7.77. The van der Waals surface area contributed by atoms with E-state index < -0.39 is 5.82 Å². The second kappa shape index (κ2) is 11.5. The van der Waals surface area contributed by atoms with Crippen LogP contribution in [0.4, 0.5) is 10.2 Å². The molecule has 0 bridgehead atoms. The lowest BCUT2D eigenvalue weighted by Crippen LogP contribution is -2.48. The van der Waals surface area contributed by atoms with Crippen LogP contribution in [-0.4, -0.2) is 93.3 Å². The summed E-state index contributed by atoms with van der Waals surface area (Å²) in [4.78, 5) is 32.2. The Morgan fingerprint density at radius 3 is 2.67 bits per heavy atom. The Morgan fingerprint density at radius 2 is 1.93 bits per heavy atom. The number of benzene rings is 1. The van der Waals surface area contributed by atoms with E-state index in [0.717, 1.165) is 19.5 Å². The van der Waals surface area contributed by atoms with Crippen molar-refractivity contribution in [2.75, 3.05) is 51.2 Å². The Morgan fingerprint density at radius 1 is 1.14 bits per heavy atom. The number of piperidine rings is 1. The fraction of sp³-hybridized carbons (Fsp3) is 0.393. The quantitative estimate of drug-likeness (QED) is 0.244. The van der Waals surface area contributed by atoms with Crippen LogP contribution in [0.2, 0.25) is 10.2 Å². The predicted molar refractivity (Wildman–Crippen MR) is 158 cm³/mol. The number of nitrogens with zero attached hydrogens (tertiary/aromatic N) is 7. The van der Waals surface area contributed by atoms with Crippen molar-refractivity contribution in [1.82, 2.24) is 34.9 Å². The van der Waals surface area contributed by atoms with Crippen LogP contribution in [0, 0.1) is 11.7 Å². The molecule has 42 heavy (non-hydrogen) atoms. The van der Waals surface area contributed by atoms with Crippen LogP contribution in [0.1, 0.15) is 13.3 Å². The number of amides is 1. The third kappa shape index (κ3) is 5.41. The van der Waals surface area contributed by atoms with Crippen molar-refractivity contribution in [1.29, 1.82) is 0 Å². The molecule has 1 aromatic carbocycles. The van der Waals surface area contributed by atoms with Gasteiger partial charge in [0.2, 0.25) is 11.8 Å². The lowest BCUT2D eigenvalue weighted by Gasteiger charge is -2.36. The molecule has 0 radical (unpaired) electrons. The summed E-state index contributed by atoms with van der Waals surface area (Å²) >= 11 is 12.8. The number of fused-ring (bicyclic) bond motifs is 2. The summed E-state index contributed by atoms with van der Waals surface area (Å²) < 4.78 is 27.3. The van der Waals surface area contributed by atoms with Crippen LogP contribution < -0.4 is 14.4 Å². The van der Waals surface area contributed by atoms with Gasteiger partial charge in [0.05, 0.1) is 22.5 Å². The maximum absolute atomic E-state index is 14.7. The molecule has 0 spiro atoms. The first kappa shape index (κ1) is 28.4. The minimum absolute atomic E-state index is 0.0119. The molecule has 0 aliphatic carbocycles. The first-order valence-corrected chi connectivity index (χ1v) is 14.4. The molecule has 0 saturated carbocycles. The smallest absolute Gasteiger partial charge is 0.319 e. The van der Waals surface area contributed by atoms with Crippen LogP contribution >= 0.6 is 23.2 Å². The second-order valence-corrected chi connectivity index (χ2v) is 11.4. The minimum atomic E-state index is -0.683. The van der Waals surface area contributed by atoms with Crippen molar-refractivity contribution >= 4 is 56.7 Å². The van der Waals surface area contributed by atoms with Gasteiger partial charge >= 0.3 is 6.01 Å². The highest BCUT2D eigenvalue weighted by molar-refractivity contribution is 6.33. The number of hydrogen-bond acceptors (Lipinski definition) is 9. The SMILES string of the molecule is C=CC(=O)N1CCN(c2nc(O[C@@H]3CCN(C)C[C@H]3C)nc3c(Oc4c(Cl)c(F)cc5[nH]ncc45)nc(Cl)cc23)CC1. The number of nitrogens with one attached hydrogen (secondary N) is 1. The maximum atomic E-state index is 14.7. The monoisotopic (exact) mass is 614 g/mol. The number of rotatable bonds is 6. The third-order valence-electron chi connectivity index (χ3n) is 7.72. The van der Waals surface area contributed by atoms with Gasteiger partial charge in [0.15, 0.2) is 5.75 Å². The van der Waals surface area contributed by atoms with Gasteiger partial charge in [-0.05, 0) is 25.6 Å². The molecule has 1 amide bonds. The standard InChI is InChI=1S/C28H29Cl2FN8O3/c1-4-22(40)38-7-9-39(10-8-38)26-16-11-21(29)33-27(42-25-17-13-32-36-19(17)12-18(31)23(25)30)24(16)34-28(35-26)41-20-5-6-37(3)14-15(20)2/h4,11-13,15,20H,1,5-10,14H2,2-3H3,(H,32,36)/t15-,20-/m1/s1. The maximum Gasteiger partial charge on any atom is 0.319 e. The summed E-state index contributed by atoms with van der Waals surface area (Å²) in [6.45, 7) is 9.49. The van der Waals surface area contributed by atoms with E-state index in [0.29, 0.717) is 53.8 Å². The third-order valence-corrected chi connectivity index (χ3v) is 8.27. The Hall–Kier alpha value is -3.74. The number of H-pyrrole nitrogens is 1. The average molecular weight is 615 g/mol. The van der Waals surface area contributed by atoms with Gasteiger partial charge in [-0.3, -0.25) is 9.89 Å². The number of likely N-dealkylation sites (tertiary alicyclic amines) is 1. The molecule has 14 heteroatoms. The van der Waals surface area contributed by atoms with Crippen LogP contribution in [0.15, 0.2) is 31.0 Å². The van der Waals surface area contributed by atoms with Crippen LogP contribution in [0.3, 0.4) is 0 Å². The molecule has 2 saturated heterocycles. The van der Waals surface area contributed by atoms with Crippen molar-refractivity contribution < 1.29 is 18.7 Å². The molecular formula is C28H29Cl2FN8O3. The van der Waals surface area contributed by atoms with E-state index in [1.54, 1.807) is 11.0 Å². The zero-order chi connectivity index (χ0) is 29.5. The number of halogens is 3. The predicted octanol–water partition coefficient (Wildman–Crippen LogP) is 4.69. The molecule has 5 heterocycles. The van der Waals surface area contributed by atoms with E-state index in [1.165, 1.54) is 18.3 Å². The highest BCUT2D eigenvalue weighted by Crippen LogP contribution is 2.41.